The molecule has 17 heavy (non-hydrogen) atoms. The molecule has 0 aromatic carbocycles. The van der Waals surface area contributed by atoms with Gasteiger partial charge in [-0.05, 0) is 13.8 Å². The minimum absolute atomic E-state index is 0.566. The van der Waals surface area contributed by atoms with E-state index in [1.54, 1.807) is 0 Å². The maximum Gasteiger partial charge on any atom is 0.219 e. The normalized spacial score (nSPS) is 12.4. The molecule has 100 valence electrons. The molecule has 0 aliphatic heterocycles. The van der Waals surface area contributed by atoms with E-state index in [1.807, 2.05) is 9.44 Å². The minimum atomic E-state index is -3.84. The number of carbonyl (C=O) groups excluding carboxylic acids is 2. The maximum absolute atomic E-state index is 11.1. The summed E-state index contributed by atoms with van der Waals surface area (Å²) < 4.78 is 48.2. The molecule has 0 unspecified atom stereocenters. The molecule has 0 amide bonds. The first-order chi connectivity index (χ1) is 7.54. The lowest BCUT2D eigenvalue weighted by molar-refractivity contribution is -0.115. The van der Waals surface area contributed by atoms with Crippen LogP contribution in [-0.2, 0) is 29.6 Å². The van der Waals surface area contributed by atoms with Crippen molar-refractivity contribution in [1.29, 1.82) is 0 Å². The van der Waals surface area contributed by atoms with Crippen LogP contribution in [0.15, 0.2) is 0 Å². The van der Waals surface area contributed by atoms with Crippen molar-refractivity contribution in [3.8, 4) is 0 Å². The molecule has 0 aliphatic rings. The van der Waals surface area contributed by atoms with E-state index in [2.05, 4.69) is 0 Å². The zero-order valence-corrected chi connectivity index (χ0v) is 11.0. The van der Waals surface area contributed by atoms with Crippen molar-refractivity contribution in [2.24, 2.45) is 0 Å². The molecule has 0 atom stereocenters. The van der Waals surface area contributed by atoms with Crippen molar-refractivity contribution >= 4 is 31.6 Å². The fourth-order valence-electron chi connectivity index (χ4n) is 0.887. The van der Waals surface area contributed by atoms with Crippen molar-refractivity contribution in [2.45, 2.75) is 13.8 Å². The molecule has 0 aromatic heterocycles. The predicted molar refractivity (Wildman–Crippen MR) is 60.1 cm³/mol. The maximum atomic E-state index is 11.1. The number of hydrogen-bond acceptors (Lipinski definition) is 6. The Morgan fingerprint density at radius 3 is 1.35 bits per heavy atom. The second-order valence-electron chi connectivity index (χ2n) is 3.39. The largest absolute Gasteiger partial charge is 0.299 e. The summed E-state index contributed by atoms with van der Waals surface area (Å²) in [5.41, 5.74) is 0. The molecule has 0 aromatic rings. The third-order valence-electron chi connectivity index (χ3n) is 1.37. The second kappa shape index (κ2) is 6.19. The molecule has 0 rings (SSSR count). The highest BCUT2D eigenvalue weighted by atomic mass is 32.2. The third-order valence-corrected chi connectivity index (χ3v) is 4.11. The Morgan fingerprint density at radius 1 is 0.824 bits per heavy atom. The fraction of sp³-hybridized carbons (Fsp3) is 0.714. The summed E-state index contributed by atoms with van der Waals surface area (Å²) in [6.07, 6.45) is 0. The van der Waals surface area contributed by atoms with Crippen molar-refractivity contribution in [3.05, 3.63) is 0 Å². The first-order valence-corrected chi connectivity index (χ1v) is 7.78. The highest BCUT2D eigenvalue weighted by Gasteiger charge is 2.16. The van der Waals surface area contributed by atoms with Gasteiger partial charge in [0.05, 0.1) is 6.67 Å². The summed E-state index contributed by atoms with van der Waals surface area (Å²) in [4.78, 5) is 21.1. The van der Waals surface area contributed by atoms with Crippen LogP contribution < -0.4 is 9.44 Å². The lowest BCUT2D eigenvalue weighted by Gasteiger charge is -2.06. The highest BCUT2D eigenvalue weighted by Crippen LogP contribution is 1.87. The number of Topliss-reactive ketones (excluding diaryl/α,β-unsaturated/α-hetero) is 2. The van der Waals surface area contributed by atoms with E-state index >= 15 is 0 Å². The molecule has 0 saturated heterocycles. The second-order valence-corrected chi connectivity index (χ2v) is 7.00. The highest BCUT2D eigenvalue weighted by molar-refractivity contribution is 7.91. The molecular formula is C7H14N2O6S2. The van der Waals surface area contributed by atoms with Crippen LogP contribution in [0.4, 0.5) is 0 Å². The molecular weight excluding hydrogens is 272 g/mol. The van der Waals surface area contributed by atoms with E-state index in [0.29, 0.717) is 0 Å². The third kappa shape index (κ3) is 8.92. The van der Waals surface area contributed by atoms with Crippen LogP contribution in [0.25, 0.3) is 0 Å². The topological polar surface area (TPSA) is 126 Å². The summed E-state index contributed by atoms with van der Waals surface area (Å²) in [7, 11) is -7.69. The van der Waals surface area contributed by atoms with E-state index < -0.39 is 49.8 Å². The van der Waals surface area contributed by atoms with Crippen LogP contribution in [0.3, 0.4) is 0 Å². The number of nitrogens with one attached hydrogen (secondary N) is 2. The van der Waals surface area contributed by atoms with Gasteiger partial charge in [0, 0.05) is 0 Å². The SMILES string of the molecule is CC(=O)CS(=O)(=O)NCNS(=O)(=O)CC(C)=O. The van der Waals surface area contributed by atoms with Crippen molar-refractivity contribution in [3.63, 3.8) is 0 Å². The standard InChI is InChI=1S/C7H14N2O6S2/c1-6(10)3-16(12,13)8-5-9-17(14,15)4-7(2)11/h8-9H,3-5H2,1-2H3. The van der Waals surface area contributed by atoms with E-state index in [4.69, 9.17) is 0 Å². The molecule has 0 aliphatic carbocycles. The molecule has 0 saturated carbocycles. The van der Waals surface area contributed by atoms with Crippen LogP contribution in [-0.4, -0.2) is 46.6 Å². The number of rotatable bonds is 8. The number of carbonyl (C=O) groups is 2. The van der Waals surface area contributed by atoms with Gasteiger partial charge in [0.2, 0.25) is 20.0 Å². The van der Waals surface area contributed by atoms with Crippen molar-refractivity contribution < 1.29 is 26.4 Å². The van der Waals surface area contributed by atoms with Gasteiger partial charge in [0.25, 0.3) is 0 Å². The summed E-state index contributed by atoms with van der Waals surface area (Å²) >= 11 is 0. The first kappa shape index (κ1) is 16.2. The van der Waals surface area contributed by atoms with E-state index in [9.17, 15) is 26.4 Å². The zero-order chi connectivity index (χ0) is 13.7. The van der Waals surface area contributed by atoms with Crippen LogP contribution in [0.5, 0.6) is 0 Å². The molecule has 0 spiro atoms. The molecule has 0 bridgehead atoms. The van der Waals surface area contributed by atoms with Gasteiger partial charge in [-0.15, -0.1) is 0 Å². The molecule has 0 radical (unpaired) electrons. The molecule has 8 nitrogen and oxygen atoms in total. The lowest BCUT2D eigenvalue weighted by Crippen LogP contribution is -2.40. The Hall–Kier alpha value is -0.840. The van der Waals surface area contributed by atoms with Gasteiger partial charge in [-0.1, -0.05) is 0 Å². The summed E-state index contributed by atoms with van der Waals surface area (Å²) in [6.45, 7) is 1.60. The molecule has 0 fully saturated rings. The average molecular weight is 286 g/mol. The van der Waals surface area contributed by atoms with Gasteiger partial charge in [-0.2, -0.15) is 0 Å². The van der Waals surface area contributed by atoms with E-state index in [0.717, 1.165) is 13.8 Å². The lowest BCUT2D eigenvalue weighted by atomic mass is 10.5. The summed E-state index contributed by atoms with van der Waals surface area (Å²) in [6, 6.07) is 0. The smallest absolute Gasteiger partial charge is 0.219 e. The Kier molecular flexibility index (Phi) is 5.88. The minimum Gasteiger partial charge on any atom is -0.299 e. The Bertz CT molecular complexity index is 446. The average Bonchev–Trinajstić information content (AvgIpc) is 1.96. The van der Waals surface area contributed by atoms with Gasteiger partial charge in [-0.25, -0.2) is 26.3 Å². The molecule has 2 N–H and O–H groups in total. The predicted octanol–water partition coefficient (Wildman–Crippen LogP) is -2.04. The van der Waals surface area contributed by atoms with Gasteiger partial charge in [-0.3, -0.25) is 9.59 Å². The summed E-state index contributed by atoms with van der Waals surface area (Å²) in [5.74, 6) is -2.57. The van der Waals surface area contributed by atoms with Gasteiger partial charge >= 0.3 is 0 Å². The molecule has 10 heteroatoms. The van der Waals surface area contributed by atoms with Crippen molar-refractivity contribution in [1.82, 2.24) is 9.44 Å². The zero-order valence-electron chi connectivity index (χ0n) is 9.39. The first-order valence-electron chi connectivity index (χ1n) is 4.47. The van der Waals surface area contributed by atoms with Gasteiger partial charge in [0.15, 0.2) is 0 Å². The number of hydrogen-bond donors (Lipinski definition) is 2. The van der Waals surface area contributed by atoms with E-state index in [-0.39, 0.29) is 0 Å². The monoisotopic (exact) mass is 286 g/mol. The molecule has 0 heterocycles. The van der Waals surface area contributed by atoms with E-state index in [1.165, 1.54) is 0 Å². The van der Waals surface area contributed by atoms with Gasteiger partial charge in [0.1, 0.15) is 23.1 Å². The Morgan fingerprint density at radius 2 is 1.12 bits per heavy atom. The number of sulfonamides is 2. The Labute approximate surface area is 99.9 Å². The van der Waals surface area contributed by atoms with Crippen LogP contribution in [0, 0.1) is 0 Å². The van der Waals surface area contributed by atoms with Crippen LogP contribution in [0.2, 0.25) is 0 Å². The quantitative estimate of drug-likeness (QED) is 0.495. The van der Waals surface area contributed by atoms with Gasteiger partial charge < -0.3 is 0 Å². The Balaban J connectivity index is 4.25. The van der Waals surface area contributed by atoms with Crippen LogP contribution >= 0.6 is 0 Å². The summed E-state index contributed by atoms with van der Waals surface area (Å²) in [5, 5.41) is 0. The van der Waals surface area contributed by atoms with Crippen LogP contribution in [0.1, 0.15) is 13.8 Å². The van der Waals surface area contributed by atoms with Crippen molar-refractivity contribution in [2.75, 3.05) is 18.2 Å². The fourth-order valence-corrected chi connectivity index (χ4v) is 2.84. The number of ketones is 2.